The van der Waals surface area contributed by atoms with Crippen LogP contribution in [-0.4, -0.2) is 17.6 Å². The molecule has 0 spiro atoms. The van der Waals surface area contributed by atoms with Crippen molar-refractivity contribution in [1.82, 2.24) is 0 Å². The lowest BCUT2D eigenvalue weighted by Gasteiger charge is -2.42. The predicted octanol–water partition coefficient (Wildman–Crippen LogP) is 1.23. The molecule has 0 aromatic heterocycles. The summed E-state index contributed by atoms with van der Waals surface area (Å²) in [5, 5.41) is 3.83. The van der Waals surface area contributed by atoms with Gasteiger partial charge in [-0.25, -0.2) is 0 Å². The summed E-state index contributed by atoms with van der Waals surface area (Å²) in [6, 6.07) is 0. The Morgan fingerprint density at radius 2 is 2.08 bits per heavy atom. The molecule has 0 amide bonds. The molecule has 1 saturated carbocycles. The van der Waals surface area contributed by atoms with E-state index in [0.717, 1.165) is 0 Å². The van der Waals surface area contributed by atoms with Gasteiger partial charge in [0.2, 0.25) is 0 Å². The minimum absolute atomic E-state index is 0.0567. The Kier molecular flexibility index (Phi) is 1.50. The highest BCUT2D eigenvalue weighted by molar-refractivity contribution is 6.40. The third-order valence-corrected chi connectivity index (χ3v) is 3.22. The van der Waals surface area contributed by atoms with Gasteiger partial charge in [-0.3, -0.25) is 4.79 Å². The Morgan fingerprint density at radius 1 is 1.42 bits per heavy atom. The van der Waals surface area contributed by atoms with Crippen LogP contribution in [0.25, 0.3) is 0 Å². The van der Waals surface area contributed by atoms with Crippen molar-refractivity contribution < 1.29 is 9.63 Å². The van der Waals surface area contributed by atoms with E-state index in [0.29, 0.717) is 17.5 Å². The van der Waals surface area contributed by atoms with Crippen LogP contribution in [0.15, 0.2) is 5.16 Å². The summed E-state index contributed by atoms with van der Waals surface area (Å²) >= 11 is 0. The smallest absolute Gasteiger partial charge is 0.177 e. The number of Topliss-reactive ketones (excluding diaryl/α,β-unsaturated/α-hetero) is 1. The first-order valence-corrected chi connectivity index (χ1v) is 4.37. The maximum Gasteiger partial charge on any atom is 0.177 e. The van der Waals surface area contributed by atoms with E-state index in [1.807, 2.05) is 0 Å². The molecule has 0 bridgehead atoms. The number of ketones is 1. The largest absolute Gasteiger partial charge is 0.391 e. The highest BCUT2D eigenvalue weighted by Gasteiger charge is 2.54. The van der Waals surface area contributed by atoms with Crippen LogP contribution >= 0.6 is 0 Å². The zero-order valence-corrected chi connectivity index (χ0v) is 7.57. The zero-order chi connectivity index (χ0) is 8.88. The third-order valence-electron chi connectivity index (χ3n) is 3.22. The predicted molar refractivity (Wildman–Crippen MR) is 44.8 cm³/mol. The van der Waals surface area contributed by atoms with Gasteiger partial charge < -0.3 is 4.84 Å². The number of hydrogen-bond acceptors (Lipinski definition) is 3. The van der Waals surface area contributed by atoms with Crippen molar-refractivity contribution in [1.29, 1.82) is 0 Å². The van der Waals surface area contributed by atoms with Gasteiger partial charge >= 0.3 is 0 Å². The summed E-state index contributed by atoms with van der Waals surface area (Å²) in [6.45, 7) is 5.85. The number of nitrogens with zero attached hydrogens (tertiary/aromatic N) is 1. The molecule has 0 N–H and O–H groups in total. The molecule has 0 aromatic carbocycles. The lowest BCUT2D eigenvalue weighted by Crippen LogP contribution is -2.50. The molecule has 66 valence electrons. The number of carbonyl (C=O) groups excluding carboxylic acids is 1. The normalized spacial score (nSPS) is 44.1. The van der Waals surface area contributed by atoms with Crippen molar-refractivity contribution in [2.45, 2.75) is 26.9 Å². The summed E-state index contributed by atoms with van der Waals surface area (Å²) in [6.07, 6.45) is 0.180. The first-order chi connectivity index (χ1) is 5.63. The Bertz CT molecular complexity index is 259. The van der Waals surface area contributed by atoms with Gasteiger partial charge in [-0.15, -0.1) is 0 Å². The molecular weight excluding hydrogens is 154 g/mol. The maximum atomic E-state index is 11.1. The van der Waals surface area contributed by atoms with E-state index in [4.69, 9.17) is 4.84 Å². The van der Waals surface area contributed by atoms with Crippen molar-refractivity contribution in [3.8, 4) is 0 Å². The highest BCUT2D eigenvalue weighted by atomic mass is 16.6. The van der Waals surface area contributed by atoms with Gasteiger partial charge in [-0.05, 0) is 11.8 Å². The van der Waals surface area contributed by atoms with Gasteiger partial charge in [0, 0.05) is 6.92 Å². The molecule has 2 rings (SSSR count). The summed E-state index contributed by atoms with van der Waals surface area (Å²) < 4.78 is 0. The van der Waals surface area contributed by atoms with Crippen LogP contribution in [-0.2, 0) is 9.63 Å². The molecule has 1 fully saturated rings. The molecule has 2 aliphatic rings. The molecule has 1 aliphatic carbocycles. The SMILES string of the molecule is CC(=O)C1=NO[C@H]2[C@H](C)[C@H](C)[C@@H]12. The van der Waals surface area contributed by atoms with Crippen LogP contribution in [0.3, 0.4) is 0 Å². The molecule has 1 aliphatic heterocycles. The van der Waals surface area contributed by atoms with E-state index < -0.39 is 0 Å². The molecule has 0 aromatic rings. The minimum Gasteiger partial charge on any atom is -0.391 e. The average molecular weight is 167 g/mol. The number of oxime groups is 1. The number of hydrogen-bond donors (Lipinski definition) is 0. The molecule has 0 saturated heterocycles. The van der Waals surface area contributed by atoms with Crippen LogP contribution < -0.4 is 0 Å². The van der Waals surface area contributed by atoms with Crippen molar-refractivity contribution in [3.63, 3.8) is 0 Å². The third kappa shape index (κ3) is 0.765. The van der Waals surface area contributed by atoms with Crippen molar-refractivity contribution in [2.75, 3.05) is 0 Å². The van der Waals surface area contributed by atoms with E-state index >= 15 is 0 Å². The highest BCUT2D eigenvalue weighted by Crippen LogP contribution is 2.46. The first-order valence-electron chi connectivity index (χ1n) is 4.37. The van der Waals surface area contributed by atoms with E-state index in [-0.39, 0.29) is 17.8 Å². The fourth-order valence-corrected chi connectivity index (χ4v) is 2.15. The van der Waals surface area contributed by atoms with Crippen molar-refractivity contribution in [3.05, 3.63) is 0 Å². The van der Waals surface area contributed by atoms with E-state index in [2.05, 4.69) is 19.0 Å². The van der Waals surface area contributed by atoms with Gasteiger partial charge in [0.1, 0.15) is 11.8 Å². The van der Waals surface area contributed by atoms with E-state index in [1.54, 1.807) is 6.92 Å². The molecule has 12 heavy (non-hydrogen) atoms. The molecule has 0 radical (unpaired) electrons. The molecule has 4 atom stereocenters. The topological polar surface area (TPSA) is 38.7 Å². The van der Waals surface area contributed by atoms with Crippen LogP contribution in [0.5, 0.6) is 0 Å². The Hall–Kier alpha value is -0.860. The lowest BCUT2D eigenvalue weighted by atomic mass is 9.62. The fraction of sp³-hybridized carbons (Fsp3) is 0.778. The van der Waals surface area contributed by atoms with Gasteiger partial charge in [-0.2, -0.15) is 0 Å². The summed E-state index contributed by atoms with van der Waals surface area (Å²) in [5.74, 6) is 1.41. The van der Waals surface area contributed by atoms with Gasteiger partial charge in [0.25, 0.3) is 0 Å². The second kappa shape index (κ2) is 2.31. The van der Waals surface area contributed by atoms with Crippen molar-refractivity contribution >= 4 is 11.5 Å². The molecule has 0 unspecified atom stereocenters. The standard InChI is InChI=1S/C9H13NO2/c1-4-5(2)9-7(4)8(6(3)11)10-12-9/h4-5,7,9H,1-3H3/t4-,5+,7-,9-/m0/s1. The van der Waals surface area contributed by atoms with Gasteiger partial charge in [0.05, 0.1) is 5.92 Å². The number of rotatable bonds is 1. The molecule has 1 heterocycles. The number of fused-ring (bicyclic) bond motifs is 1. The second-order valence-electron chi connectivity index (χ2n) is 3.85. The Balaban J connectivity index is 2.18. The minimum atomic E-state index is 0.0567. The number of carbonyl (C=O) groups is 1. The second-order valence-corrected chi connectivity index (χ2v) is 3.85. The zero-order valence-electron chi connectivity index (χ0n) is 7.57. The van der Waals surface area contributed by atoms with E-state index in [9.17, 15) is 4.79 Å². The summed E-state index contributed by atoms with van der Waals surface area (Å²) in [7, 11) is 0. The summed E-state index contributed by atoms with van der Waals surface area (Å²) in [4.78, 5) is 16.3. The fourth-order valence-electron chi connectivity index (χ4n) is 2.15. The van der Waals surface area contributed by atoms with Gasteiger partial charge in [-0.1, -0.05) is 19.0 Å². The monoisotopic (exact) mass is 167 g/mol. The lowest BCUT2D eigenvalue weighted by molar-refractivity contribution is -0.112. The van der Waals surface area contributed by atoms with Gasteiger partial charge in [0.15, 0.2) is 5.78 Å². The molecule has 3 heteroatoms. The maximum absolute atomic E-state index is 11.1. The average Bonchev–Trinajstić information content (AvgIpc) is 2.43. The molecular formula is C9H13NO2. The quantitative estimate of drug-likeness (QED) is 0.589. The van der Waals surface area contributed by atoms with Crippen molar-refractivity contribution in [2.24, 2.45) is 22.9 Å². The summed E-state index contributed by atoms with van der Waals surface area (Å²) in [5.41, 5.74) is 0.644. The van der Waals surface area contributed by atoms with Crippen LogP contribution in [0.2, 0.25) is 0 Å². The van der Waals surface area contributed by atoms with Crippen LogP contribution in [0.1, 0.15) is 20.8 Å². The Labute approximate surface area is 71.8 Å². The molecule has 3 nitrogen and oxygen atoms in total. The van der Waals surface area contributed by atoms with Crippen LogP contribution in [0.4, 0.5) is 0 Å². The Morgan fingerprint density at radius 3 is 2.67 bits per heavy atom. The first kappa shape index (κ1) is 7.77. The van der Waals surface area contributed by atoms with E-state index in [1.165, 1.54) is 0 Å². The van der Waals surface area contributed by atoms with Crippen LogP contribution in [0, 0.1) is 17.8 Å².